The first-order chi connectivity index (χ1) is 8.24. The molecule has 3 heteroatoms. The van der Waals surface area contributed by atoms with Crippen molar-refractivity contribution < 1.29 is 4.79 Å². The van der Waals surface area contributed by atoms with Crippen LogP contribution in [0.4, 0.5) is 5.69 Å². The van der Waals surface area contributed by atoms with Gasteiger partial charge in [0.25, 0.3) is 0 Å². The molecule has 0 bridgehead atoms. The number of fused-ring (bicyclic) bond motifs is 1. The van der Waals surface area contributed by atoms with E-state index in [-0.39, 0.29) is 11.8 Å². The number of carbonyl (C=O) groups excluding carboxylic acids is 1. The van der Waals surface area contributed by atoms with Crippen molar-refractivity contribution in [1.29, 1.82) is 0 Å². The van der Waals surface area contributed by atoms with Crippen LogP contribution in [0.25, 0.3) is 0 Å². The van der Waals surface area contributed by atoms with E-state index in [0.29, 0.717) is 0 Å². The molecule has 1 amide bonds. The second kappa shape index (κ2) is 4.00. The lowest BCUT2D eigenvalue weighted by Crippen LogP contribution is -2.13. The summed E-state index contributed by atoms with van der Waals surface area (Å²) in [5.74, 6) is 0.0938. The highest BCUT2D eigenvalue weighted by Gasteiger charge is 2.30. The fourth-order valence-corrected chi connectivity index (χ4v) is 2.97. The monoisotopic (exact) mass is 243 g/mol. The van der Waals surface area contributed by atoms with Crippen molar-refractivity contribution in [2.24, 2.45) is 0 Å². The smallest absolute Gasteiger partial charge is 0.232 e. The van der Waals surface area contributed by atoms with Gasteiger partial charge in [0.1, 0.15) is 0 Å². The Kier molecular flexibility index (Phi) is 2.48. The maximum Gasteiger partial charge on any atom is 0.232 e. The molecule has 0 fully saturated rings. The van der Waals surface area contributed by atoms with Crippen molar-refractivity contribution in [1.82, 2.24) is 0 Å². The summed E-state index contributed by atoms with van der Waals surface area (Å²) in [4.78, 5) is 12.0. The second-order valence-corrected chi connectivity index (χ2v) is 5.25. The zero-order valence-corrected chi connectivity index (χ0v) is 10.4. The summed E-state index contributed by atoms with van der Waals surface area (Å²) in [6, 6.07) is 8.23. The van der Waals surface area contributed by atoms with Gasteiger partial charge in [0.15, 0.2) is 0 Å². The van der Waals surface area contributed by atoms with E-state index in [1.807, 2.05) is 12.1 Å². The van der Waals surface area contributed by atoms with E-state index in [0.717, 1.165) is 17.7 Å². The Morgan fingerprint density at radius 1 is 1.35 bits per heavy atom. The normalized spacial score (nSPS) is 17.9. The number of nitrogens with one attached hydrogen (secondary N) is 1. The van der Waals surface area contributed by atoms with Crippen molar-refractivity contribution in [2.75, 3.05) is 5.32 Å². The van der Waals surface area contributed by atoms with E-state index in [1.54, 1.807) is 11.3 Å². The largest absolute Gasteiger partial charge is 0.325 e. The topological polar surface area (TPSA) is 29.1 Å². The fourth-order valence-electron chi connectivity index (χ4n) is 2.29. The van der Waals surface area contributed by atoms with Gasteiger partial charge in [0.2, 0.25) is 5.91 Å². The van der Waals surface area contributed by atoms with Crippen molar-refractivity contribution in [3.63, 3.8) is 0 Å². The first kappa shape index (κ1) is 10.5. The average molecular weight is 243 g/mol. The van der Waals surface area contributed by atoms with Crippen LogP contribution in [-0.2, 0) is 11.2 Å². The third-order valence-corrected chi connectivity index (χ3v) is 3.91. The van der Waals surface area contributed by atoms with Crippen molar-refractivity contribution in [2.45, 2.75) is 19.3 Å². The van der Waals surface area contributed by atoms with Gasteiger partial charge < -0.3 is 5.32 Å². The third kappa shape index (κ3) is 1.87. The Morgan fingerprint density at radius 3 is 3.00 bits per heavy atom. The summed E-state index contributed by atoms with van der Waals surface area (Å²) in [6.07, 6.45) is 0.797. The molecule has 0 aliphatic carbocycles. The summed E-state index contributed by atoms with van der Waals surface area (Å²) >= 11 is 1.68. The van der Waals surface area contributed by atoms with E-state index in [9.17, 15) is 4.79 Å². The molecule has 1 unspecified atom stereocenters. The molecule has 1 aromatic carbocycles. The fraction of sp³-hybridized carbons (Fsp3) is 0.214. The third-order valence-electron chi connectivity index (χ3n) is 3.18. The molecule has 17 heavy (non-hydrogen) atoms. The summed E-state index contributed by atoms with van der Waals surface area (Å²) < 4.78 is 0. The Hall–Kier alpha value is -1.61. The number of rotatable bonds is 2. The molecule has 0 radical (unpaired) electrons. The van der Waals surface area contributed by atoms with Crippen LogP contribution in [0.15, 0.2) is 35.0 Å². The molecule has 0 saturated carbocycles. The lowest BCUT2D eigenvalue weighted by molar-refractivity contribution is -0.117. The van der Waals surface area contributed by atoms with E-state index in [1.165, 1.54) is 11.1 Å². The molecule has 1 aliphatic heterocycles. The quantitative estimate of drug-likeness (QED) is 0.861. The number of amides is 1. The zero-order chi connectivity index (χ0) is 11.8. The number of aryl methyl sites for hydroxylation is 1. The summed E-state index contributed by atoms with van der Waals surface area (Å²) in [7, 11) is 0. The average Bonchev–Trinajstić information content (AvgIpc) is 2.90. The van der Waals surface area contributed by atoms with Crippen molar-refractivity contribution in [3.8, 4) is 0 Å². The molecule has 1 N–H and O–H groups in total. The highest BCUT2D eigenvalue weighted by molar-refractivity contribution is 7.07. The minimum absolute atomic E-state index is 0.0282. The number of anilines is 1. The minimum Gasteiger partial charge on any atom is -0.325 e. The van der Waals surface area contributed by atoms with E-state index in [4.69, 9.17) is 0 Å². The van der Waals surface area contributed by atoms with Crippen LogP contribution in [0.3, 0.4) is 0 Å². The number of carbonyl (C=O) groups is 1. The molecule has 3 rings (SSSR count). The summed E-state index contributed by atoms with van der Waals surface area (Å²) in [6.45, 7) is 2.06. The number of benzene rings is 1. The summed E-state index contributed by atoms with van der Waals surface area (Å²) in [5, 5.41) is 7.12. The van der Waals surface area contributed by atoms with E-state index >= 15 is 0 Å². The number of hydrogen-bond acceptors (Lipinski definition) is 2. The Balaban J connectivity index is 1.96. The molecule has 1 aromatic heterocycles. The van der Waals surface area contributed by atoms with Crippen LogP contribution in [-0.4, -0.2) is 5.91 Å². The van der Waals surface area contributed by atoms with Crippen LogP contribution in [0.1, 0.15) is 22.6 Å². The predicted octanol–water partition coefficient (Wildman–Crippen LogP) is 3.33. The van der Waals surface area contributed by atoms with Gasteiger partial charge in [0.05, 0.1) is 5.92 Å². The van der Waals surface area contributed by atoms with Gasteiger partial charge in [-0.15, -0.1) is 0 Å². The Morgan fingerprint density at radius 2 is 2.24 bits per heavy atom. The highest BCUT2D eigenvalue weighted by Crippen LogP contribution is 2.35. The van der Waals surface area contributed by atoms with Gasteiger partial charge in [-0.3, -0.25) is 4.79 Å². The van der Waals surface area contributed by atoms with Crippen LogP contribution in [0, 0.1) is 6.92 Å². The van der Waals surface area contributed by atoms with E-state index < -0.39 is 0 Å². The predicted molar refractivity (Wildman–Crippen MR) is 70.6 cm³/mol. The lowest BCUT2D eigenvalue weighted by atomic mass is 9.93. The lowest BCUT2D eigenvalue weighted by Gasteiger charge is -2.07. The van der Waals surface area contributed by atoms with Crippen molar-refractivity contribution in [3.05, 3.63) is 51.7 Å². The molecule has 2 aromatic rings. The molecule has 86 valence electrons. The van der Waals surface area contributed by atoms with Gasteiger partial charge in [-0.2, -0.15) is 11.3 Å². The molecule has 2 nitrogen and oxygen atoms in total. The molecule has 0 spiro atoms. The first-order valence-electron chi connectivity index (χ1n) is 5.66. The van der Waals surface area contributed by atoms with Gasteiger partial charge in [-0.05, 0) is 47.4 Å². The highest BCUT2D eigenvalue weighted by atomic mass is 32.1. The number of hydrogen-bond donors (Lipinski definition) is 1. The van der Waals surface area contributed by atoms with E-state index in [2.05, 4.69) is 35.1 Å². The van der Waals surface area contributed by atoms with Crippen LogP contribution in [0.5, 0.6) is 0 Å². The summed E-state index contributed by atoms with van der Waals surface area (Å²) in [5.41, 5.74) is 4.56. The van der Waals surface area contributed by atoms with Gasteiger partial charge in [-0.1, -0.05) is 17.7 Å². The van der Waals surface area contributed by atoms with Gasteiger partial charge >= 0.3 is 0 Å². The van der Waals surface area contributed by atoms with Gasteiger partial charge in [-0.25, -0.2) is 0 Å². The van der Waals surface area contributed by atoms with Crippen LogP contribution < -0.4 is 5.32 Å². The minimum atomic E-state index is -0.0282. The molecule has 1 atom stereocenters. The Bertz CT molecular complexity index is 560. The molecular weight excluding hydrogens is 230 g/mol. The first-order valence-corrected chi connectivity index (χ1v) is 6.61. The van der Waals surface area contributed by atoms with Crippen LogP contribution in [0.2, 0.25) is 0 Å². The van der Waals surface area contributed by atoms with Crippen molar-refractivity contribution >= 4 is 22.9 Å². The maximum atomic E-state index is 12.0. The van der Waals surface area contributed by atoms with Gasteiger partial charge in [0, 0.05) is 5.69 Å². The Labute approximate surface area is 104 Å². The standard InChI is InChI=1S/C14H13NOS/c1-9-2-3-13-11(6-9)12(14(16)15-13)7-10-4-5-17-8-10/h2-6,8,12H,7H2,1H3,(H,15,16). The second-order valence-electron chi connectivity index (χ2n) is 4.47. The zero-order valence-electron chi connectivity index (χ0n) is 9.57. The number of thiophene rings is 1. The molecule has 1 aliphatic rings. The maximum absolute atomic E-state index is 12.0. The molecule has 2 heterocycles. The SMILES string of the molecule is Cc1ccc2c(c1)C(Cc1ccsc1)C(=O)N2. The van der Waals surface area contributed by atoms with Crippen LogP contribution >= 0.6 is 11.3 Å². The molecular formula is C14H13NOS. The molecule has 0 saturated heterocycles.